The predicted molar refractivity (Wildman–Crippen MR) is 118 cm³/mol. The normalized spacial score (nSPS) is 15.9. The maximum absolute atomic E-state index is 13.6. The highest BCUT2D eigenvalue weighted by molar-refractivity contribution is 5.99. The SMILES string of the molecule is NC(=O)c1cc(OC2CCCN(C(=O)N(c3ccccc3)c3ccccc3)C2)ccn1. The van der Waals surface area contributed by atoms with E-state index in [1.807, 2.05) is 65.6 Å². The van der Waals surface area contributed by atoms with Crippen molar-refractivity contribution >= 4 is 23.3 Å². The molecule has 0 radical (unpaired) electrons. The summed E-state index contributed by atoms with van der Waals surface area (Å²) in [4.78, 5) is 32.4. The van der Waals surface area contributed by atoms with Gasteiger partial charge in [-0.2, -0.15) is 0 Å². The fourth-order valence-electron chi connectivity index (χ4n) is 3.69. The Bertz CT molecular complexity index is 1000. The molecule has 1 aliphatic heterocycles. The molecular formula is C24H24N4O3. The molecule has 1 atom stereocenters. The number of likely N-dealkylation sites (tertiary alicyclic amines) is 1. The van der Waals surface area contributed by atoms with E-state index in [-0.39, 0.29) is 17.8 Å². The Morgan fingerprint density at radius 3 is 2.26 bits per heavy atom. The van der Waals surface area contributed by atoms with Crippen molar-refractivity contribution in [3.8, 4) is 5.75 Å². The number of piperidine rings is 1. The highest BCUT2D eigenvalue weighted by Crippen LogP contribution is 2.28. The van der Waals surface area contributed by atoms with Crippen LogP contribution < -0.4 is 15.4 Å². The van der Waals surface area contributed by atoms with Crippen molar-refractivity contribution in [2.24, 2.45) is 5.73 Å². The Kier molecular flexibility index (Phi) is 6.12. The molecule has 7 nitrogen and oxygen atoms in total. The maximum atomic E-state index is 13.6. The number of amides is 3. The van der Waals surface area contributed by atoms with Crippen molar-refractivity contribution in [2.75, 3.05) is 18.0 Å². The van der Waals surface area contributed by atoms with Gasteiger partial charge in [-0.15, -0.1) is 0 Å². The number of para-hydroxylation sites is 2. The summed E-state index contributed by atoms with van der Waals surface area (Å²) < 4.78 is 6.06. The second-order valence-electron chi connectivity index (χ2n) is 7.36. The fourth-order valence-corrected chi connectivity index (χ4v) is 3.69. The van der Waals surface area contributed by atoms with Crippen LogP contribution in [0, 0.1) is 0 Å². The summed E-state index contributed by atoms with van der Waals surface area (Å²) in [5.41, 5.74) is 7.07. The number of urea groups is 1. The molecule has 3 amide bonds. The number of carbonyl (C=O) groups excluding carboxylic acids is 2. The van der Waals surface area contributed by atoms with Gasteiger partial charge in [0.05, 0.1) is 17.9 Å². The molecule has 1 fully saturated rings. The van der Waals surface area contributed by atoms with Crippen LogP contribution in [0.5, 0.6) is 5.75 Å². The van der Waals surface area contributed by atoms with Gasteiger partial charge in [-0.25, -0.2) is 4.79 Å². The van der Waals surface area contributed by atoms with Gasteiger partial charge >= 0.3 is 6.03 Å². The standard InChI is InChI=1S/C24H24N4O3/c25-23(29)22-16-20(13-14-26-22)31-21-12-7-15-27(17-21)24(30)28(18-8-3-1-4-9-18)19-10-5-2-6-11-19/h1-6,8-11,13-14,16,21H,7,12,15,17H2,(H2,25,29). The smallest absolute Gasteiger partial charge is 0.329 e. The molecule has 1 aliphatic rings. The number of anilines is 2. The first-order chi connectivity index (χ1) is 15.1. The number of aromatic nitrogens is 1. The van der Waals surface area contributed by atoms with Gasteiger partial charge in [-0.05, 0) is 43.2 Å². The minimum atomic E-state index is -0.604. The third kappa shape index (κ3) is 4.83. The van der Waals surface area contributed by atoms with E-state index in [4.69, 9.17) is 10.5 Å². The number of ether oxygens (including phenoxy) is 1. The zero-order valence-corrected chi connectivity index (χ0v) is 17.1. The van der Waals surface area contributed by atoms with Gasteiger partial charge in [-0.3, -0.25) is 14.7 Å². The highest BCUT2D eigenvalue weighted by Gasteiger charge is 2.29. The Morgan fingerprint density at radius 2 is 1.65 bits per heavy atom. The van der Waals surface area contributed by atoms with E-state index in [1.165, 1.54) is 12.3 Å². The summed E-state index contributed by atoms with van der Waals surface area (Å²) >= 11 is 0. The van der Waals surface area contributed by atoms with Crippen molar-refractivity contribution in [1.82, 2.24) is 9.88 Å². The molecule has 31 heavy (non-hydrogen) atoms. The summed E-state index contributed by atoms with van der Waals surface area (Å²) in [7, 11) is 0. The zero-order valence-electron chi connectivity index (χ0n) is 17.1. The molecule has 2 N–H and O–H groups in total. The van der Waals surface area contributed by atoms with Crippen molar-refractivity contribution in [1.29, 1.82) is 0 Å². The van der Waals surface area contributed by atoms with E-state index in [0.717, 1.165) is 24.2 Å². The monoisotopic (exact) mass is 416 g/mol. The minimum Gasteiger partial charge on any atom is -0.488 e. The number of nitrogens with zero attached hydrogens (tertiary/aromatic N) is 3. The molecule has 4 rings (SSSR count). The number of benzene rings is 2. The number of nitrogens with two attached hydrogens (primary N) is 1. The molecule has 1 saturated heterocycles. The number of primary amides is 1. The first-order valence-corrected chi connectivity index (χ1v) is 10.2. The first-order valence-electron chi connectivity index (χ1n) is 10.2. The molecule has 0 bridgehead atoms. The van der Waals surface area contributed by atoms with E-state index in [9.17, 15) is 9.59 Å². The molecule has 158 valence electrons. The quantitative estimate of drug-likeness (QED) is 0.681. The van der Waals surface area contributed by atoms with E-state index in [1.54, 1.807) is 11.0 Å². The molecular weight excluding hydrogens is 392 g/mol. The van der Waals surface area contributed by atoms with Crippen LogP contribution in [-0.4, -0.2) is 41.0 Å². The van der Waals surface area contributed by atoms with Gasteiger partial charge in [0.2, 0.25) is 0 Å². The van der Waals surface area contributed by atoms with E-state index in [2.05, 4.69) is 4.98 Å². The molecule has 1 unspecified atom stereocenters. The van der Waals surface area contributed by atoms with Crippen molar-refractivity contribution in [2.45, 2.75) is 18.9 Å². The number of rotatable bonds is 5. The average molecular weight is 416 g/mol. The van der Waals surface area contributed by atoms with Crippen LogP contribution in [0.1, 0.15) is 23.3 Å². The van der Waals surface area contributed by atoms with Crippen molar-refractivity contribution in [3.05, 3.63) is 84.7 Å². The lowest BCUT2D eigenvalue weighted by molar-refractivity contribution is 0.0987. The summed E-state index contributed by atoms with van der Waals surface area (Å²) in [6.07, 6.45) is 2.94. The number of pyridine rings is 1. The van der Waals surface area contributed by atoms with Crippen molar-refractivity contribution < 1.29 is 14.3 Å². The number of hydrogen-bond donors (Lipinski definition) is 1. The fraction of sp³-hybridized carbons (Fsp3) is 0.208. The first kappa shape index (κ1) is 20.4. The lowest BCUT2D eigenvalue weighted by atomic mass is 10.1. The van der Waals surface area contributed by atoms with Gasteiger partial charge in [0.25, 0.3) is 5.91 Å². The Morgan fingerprint density at radius 1 is 1.00 bits per heavy atom. The average Bonchev–Trinajstić information content (AvgIpc) is 2.81. The van der Waals surface area contributed by atoms with Gasteiger partial charge in [-0.1, -0.05) is 36.4 Å². The van der Waals surface area contributed by atoms with Crippen LogP contribution >= 0.6 is 0 Å². The van der Waals surface area contributed by atoms with E-state index < -0.39 is 5.91 Å². The number of carbonyl (C=O) groups is 2. The molecule has 0 spiro atoms. The molecule has 1 aromatic heterocycles. The van der Waals surface area contributed by atoms with Crippen LogP contribution in [0.15, 0.2) is 79.0 Å². The largest absolute Gasteiger partial charge is 0.488 e. The Labute approximate surface area is 181 Å². The summed E-state index contributed by atoms with van der Waals surface area (Å²) in [5, 5.41) is 0. The molecule has 3 aromatic rings. The predicted octanol–water partition coefficient (Wildman–Crippen LogP) is 3.98. The summed E-state index contributed by atoms with van der Waals surface area (Å²) in [6.45, 7) is 1.10. The van der Waals surface area contributed by atoms with E-state index in [0.29, 0.717) is 18.8 Å². The number of hydrogen-bond acceptors (Lipinski definition) is 4. The third-order valence-corrected chi connectivity index (χ3v) is 5.16. The van der Waals surface area contributed by atoms with Crippen LogP contribution in [0.25, 0.3) is 0 Å². The molecule has 0 aliphatic carbocycles. The highest BCUT2D eigenvalue weighted by atomic mass is 16.5. The van der Waals surface area contributed by atoms with Crippen LogP contribution in [0.3, 0.4) is 0 Å². The van der Waals surface area contributed by atoms with Crippen molar-refractivity contribution in [3.63, 3.8) is 0 Å². The molecule has 2 aromatic carbocycles. The Hall–Kier alpha value is -3.87. The third-order valence-electron chi connectivity index (χ3n) is 5.16. The molecule has 2 heterocycles. The lowest BCUT2D eigenvalue weighted by Crippen LogP contribution is -2.49. The van der Waals surface area contributed by atoms with Gasteiger partial charge in [0, 0.05) is 18.8 Å². The van der Waals surface area contributed by atoms with Gasteiger partial charge < -0.3 is 15.4 Å². The molecule has 7 heteroatoms. The minimum absolute atomic E-state index is 0.0988. The van der Waals surface area contributed by atoms with Gasteiger partial charge in [0.1, 0.15) is 17.5 Å². The van der Waals surface area contributed by atoms with E-state index >= 15 is 0 Å². The second kappa shape index (κ2) is 9.30. The maximum Gasteiger partial charge on any atom is 0.329 e. The second-order valence-corrected chi connectivity index (χ2v) is 7.36. The zero-order chi connectivity index (χ0) is 21.6. The topological polar surface area (TPSA) is 88.8 Å². The van der Waals surface area contributed by atoms with Crippen LogP contribution in [-0.2, 0) is 0 Å². The summed E-state index contributed by atoms with van der Waals surface area (Å²) in [6, 6.07) is 22.3. The Balaban J connectivity index is 1.53. The van der Waals surface area contributed by atoms with Crippen LogP contribution in [0.2, 0.25) is 0 Å². The van der Waals surface area contributed by atoms with Gasteiger partial charge in [0.15, 0.2) is 0 Å². The molecule has 0 saturated carbocycles. The summed E-state index contributed by atoms with van der Waals surface area (Å²) in [5.74, 6) is -0.0849. The lowest BCUT2D eigenvalue weighted by Gasteiger charge is -2.36. The van der Waals surface area contributed by atoms with Crippen LogP contribution in [0.4, 0.5) is 16.2 Å².